The lowest BCUT2D eigenvalue weighted by Gasteiger charge is -2.24. The average Bonchev–Trinajstić information content (AvgIpc) is 2.96. The summed E-state index contributed by atoms with van der Waals surface area (Å²) in [5, 5.41) is 0. The first-order valence-electron chi connectivity index (χ1n) is 8.73. The molecule has 0 N–H and O–H groups in total. The first kappa shape index (κ1) is 18.6. The number of sulfonamides is 1. The maximum absolute atomic E-state index is 13.1. The largest absolute Gasteiger partial charge is 0.305 e. The SMILES string of the molecule is CC1Cc2ccccc2N1C(=O)c1cccc(S(=O)(=O)N(C)C(C)C)c1. The second-order valence-corrected chi connectivity index (χ2v) is 9.00. The number of para-hydroxylation sites is 1. The minimum Gasteiger partial charge on any atom is -0.305 e. The van der Waals surface area contributed by atoms with Crippen LogP contribution in [-0.4, -0.2) is 37.8 Å². The smallest absolute Gasteiger partial charge is 0.258 e. The zero-order valence-corrected chi connectivity index (χ0v) is 16.3. The summed E-state index contributed by atoms with van der Waals surface area (Å²) in [5.41, 5.74) is 2.42. The van der Waals surface area contributed by atoms with E-state index in [9.17, 15) is 13.2 Å². The number of benzene rings is 2. The van der Waals surface area contributed by atoms with Gasteiger partial charge in [0.1, 0.15) is 0 Å². The van der Waals surface area contributed by atoms with Crippen molar-refractivity contribution in [1.29, 1.82) is 0 Å². The highest BCUT2D eigenvalue weighted by molar-refractivity contribution is 7.89. The lowest BCUT2D eigenvalue weighted by Crippen LogP contribution is -2.36. The third-order valence-electron chi connectivity index (χ3n) is 4.91. The normalized spacial score (nSPS) is 17.0. The molecule has 1 aliphatic rings. The highest BCUT2D eigenvalue weighted by Crippen LogP contribution is 2.33. The molecule has 1 amide bonds. The maximum Gasteiger partial charge on any atom is 0.258 e. The van der Waals surface area contributed by atoms with Gasteiger partial charge in [-0.25, -0.2) is 8.42 Å². The summed E-state index contributed by atoms with van der Waals surface area (Å²) >= 11 is 0. The number of fused-ring (bicyclic) bond motifs is 1. The number of hydrogen-bond acceptors (Lipinski definition) is 3. The molecular weight excluding hydrogens is 348 g/mol. The van der Waals surface area contributed by atoms with Gasteiger partial charge in [0.25, 0.3) is 5.91 Å². The Labute approximate surface area is 155 Å². The number of anilines is 1. The molecule has 1 aliphatic heterocycles. The quantitative estimate of drug-likeness (QED) is 0.827. The van der Waals surface area contributed by atoms with Gasteiger partial charge in [-0.3, -0.25) is 4.79 Å². The van der Waals surface area contributed by atoms with Gasteiger partial charge in [0.05, 0.1) is 4.90 Å². The summed E-state index contributed by atoms with van der Waals surface area (Å²) in [6, 6.07) is 14.0. The average molecular weight is 372 g/mol. The predicted molar refractivity (Wildman–Crippen MR) is 103 cm³/mol. The van der Waals surface area contributed by atoms with E-state index in [-0.39, 0.29) is 22.9 Å². The lowest BCUT2D eigenvalue weighted by molar-refractivity contribution is 0.0981. The Hall–Kier alpha value is -2.18. The van der Waals surface area contributed by atoms with Crippen molar-refractivity contribution in [2.75, 3.05) is 11.9 Å². The summed E-state index contributed by atoms with van der Waals surface area (Å²) in [6.07, 6.45) is 0.802. The molecule has 0 saturated heterocycles. The van der Waals surface area contributed by atoms with E-state index in [0.717, 1.165) is 17.7 Å². The van der Waals surface area contributed by atoms with Gasteiger partial charge in [-0.05, 0) is 57.0 Å². The molecule has 0 aromatic heterocycles. The van der Waals surface area contributed by atoms with E-state index in [1.165, 1.54) is 16.4 Å². The molecule has 5 nitrogen and oxygen atoms in total. The van der Waals surface area contributed by atoms with E-state index in [1.807, 2.05) is 45.0 Å². The van der Waals surface area contributed by atoms with Crippen LogP contribution in [0, 0.1) is 0 Å². The van der Waals surface area contributed by atoms with E-state index in [0.29, 0.717) is 5.56 Å². The highest BCUT2D eigenvalue weighted by atomic mass is 32.2. The fourth-order valence-electron chi connectivity index (χ4n) is 3.25. The molecule has 0 aliphatic carbocycles. The third kappa shape index (κ3) is 3.15. The van der Waals surface area contributed by atoms with Crippen molar-refractivity contribution in [2.45, 2.75) is 44.2 Å². The molecule has 3 rings (SSSR count). The molecule has 138 valence electrons. The van der Waals surface area contributed by atoms with Gasteiger partial charge < -0.3 is 4.90 Å². The summed E-state index contributed by atoms with van der Waals surface area (Å²) in [7, 11) is -2.08. The number of carbonyl (C=O) groups is 1. The van der Waals surface area contributed by atoms with Gasteiger partial charge in [0, 0.05) is 30.4 Å². The van der Waals surface area contributed by atoms with Gasteiger partial charge in [-0.15, -0.1) is 0 Å². The van der Waals surface area contributed by atoms with E-state index in [2.05, 4.69) is 0 Å². The Bertz CT molecular complexity index is 938. The first-order valence-corrected chi connectivity index (χ1v) is 10.2. The summed E-state index contributed by atoms with van der Waals surface area (Å²) in [5.74, 6) is -0.174. The third-order valence-corrected chi connectivity index (χ3v) is 6.94. The number of rotatable bonds is 4. The van der Waals surface area contributed by atoms with Crippen LogP contribution >= 0.6 is 0 Å². The van der Waals surface area contributed by atoms with E-state index >= 15 is 0 Å². The molecule has 26 heavy (non-hydrogen) atoms. The molecule has 1 atom stereocenters. The summed E-state index contributed by atoms with van der Waals surface area (Å²) in [4.78, 5) is 15.0. The van der Waals surface area contributed by atoms with Crippen molar-refractivity contribution in [3.8, 4) is 0 Å². The van der Waals surface area contributed by atoms with Crippen LogP contribution in [0.15, 0.2) is 53.4 Å². The molecule has 1 unspecified atom stereocenters. The second-order valence-electron chi connectivity index (χ2n) is 7.00. The van der Waals surface area contributed by atoms with Crippen molar-refractivity contribution in [2.24, 2.45) is 0 Å². The van der Waals surface area contributed by atoms with Gasteiger partial charge in [-0.2, -0.15) is 4.31 Å². The van der Waals surface area contributed by atoms with Crippen LogP contribution in [0.25, 0.3) is 0 Å². The Morgan fingerprint density at radius 3 is 2.54 bits per heavy atom. The van der Waals surface area contributed by atoms with Crippen LogP contribution in [0.4, 0.5) is 5.69 Å². The van der Waals surface area contributed by atoms with Crippen molar-refractivity contribution in [3.05, 3.63) is 59.7 Å². The molecule has 2 aromatic carbocycles. The van der Waals surface area contributed by atoms with E-state index in [1.54, 1.807) is 24.1 Å². The van der Waals surface area contributed by atoms with Crippen LogP contribution < -0.4 is 4.90 Å². The van der Waals surface area contributed by atoms with Crippen LogP contribution in [0.5, 0.6) is 0 Å². The van der Waals surface area contributed by atoms with Gasteiger partial charge >= 0.3 is 0 Å². The molecule has 1 heterocycles. The van der Waals surface area contributed by atoms with Crippen molar-refractivity contribution in [3.63, 3.8) is 0 Å². The molecular formula is C20H24N2O3S. The van der Waals surface area contributed by atoms with Crippen LogP contribution in [0.3, 0.4) is 0 Å². The Morgan fingerprint density at radius 1 is 1.15 bits per heavy atom. The molecule has 0 fully saturated rings. The number of carbonyl (C=O) groups excluding carboxylic acids is 1. The van der Waals surface area contributed by atoms with Crippen molar-refractivity contribution in [1.82, 2.24) is 4.31 Å². The minimum atomic E-state index is -3.63. The lowest BCUT2D eigenvalue weighted by atomic mass is 10.1. The predicted octanol–water partition coefficient (Wildman–Crippen LogP) is 3.31. The highest BCUT2D eigenvalue weighted by Gasteiger charge is 2.32. The number of nitrogens with zero attached hydrogens (tertiary/aromatic N) is 2. The standard InChI is InChI=1S/C20H24N2O3S/c1-14(2)21(4)26(24,25)18-10-7-9-17(13-18)20(23)22-15(3)12-16-8-5-6-11-19(16)22/h5-11,13-15H,12H2,1-4H3. The first-order chi connectivity index (χ1) is 12.2. The van der Waals surface area contributed by atoms with E-state index in [4.69, 9.17) is 0 Å². The fourth-order valence-corrected chi connectivity index (χ4v) is 4.66. The van der Waals surface area contributed by atoms with Crippen LogP contribution in [0.1, 0.15) is 36.7 Å². The molecule has 0 saturated carbocycles. The van der Waals surface area contributed by atoms with Gasteiger partial charge in [-0.1, -0.05) is 24.3 Å². The second kappa shape index (κ2) is 6.85. The minimum absolute atomic E-state index is 0.0403. The Morgan fingerprint density at radius 2 is 1.85 bits per heavy atom. The molecule has 0 radical (unpaired) electrons. The Balaban J connectivity index is 1.98. The summed E-state index contributed by atoms with van der Waals surface area (Å²) in [6.45, 7) is 5.63. The number of hydrogen-bond donors (Lipinski definition) is 0. The molecule has 6 heteroatoms. The topological polar surface area (TPSA) is 57.7 Å². The van der Waals surface area contributed by atoms with Crippen LogP contribution in [0.2, 0.25) is 0 Å². The zero-order chi connectivity index (χ0) is 19.1. The fraction of sp³-hybridized carbons (Fsp3) is 0.350. The summed E-state index contributed by atoms with van der Waals surface area (Å²) < 4.78 is 26.8. The number of amides is 1. The maximum atomic E-state index is 13.1. The molecule has 0 bridgehead atoms. The van der Waals surface area contributed by atoms with Crippen molar-refractivity contribution >= 4 is 21.6 Å². The zero-order valence-electron chi connectivity index (χ0n) is 15.5. The monoisotopic (exact) mass is 372 g/mol. The van der Waals surface area contributed by atoms with E-state index < -0.39 is 10.0 Å². The Kier molecular flexibility index (Phi) is 4.90. The molecule has 2 aromatic rings. The van der Waals surface area contributed by atoms with Crippen molar-refractivity contribution < 1.29 is 13.2 Å². The molecule has 0 spiro atoms. The van der Waals surface area contributed by atoms with Crippen LogP contribution in [-0.2, 0) is 16.4 Å². The van der Waals surface area contributed by atoms with Gasteiger partial charge in [0.2, 0.25) is 10.0 Å². The van der Waals surface area contributed by atoms with Gasteiger partial charge in [0.15, 0.2) is 0 Å².